The number of rotatable bonds is 4. The quantitative estimate of drug-likeness (QED) is 0.829. The molecule has 17 heavy (non-hydrogen) atoms. The second-order valence-electron chi connectivity index (χ2n) is 5.91. The first-order valence-corrected chi connectivity index (χ1v) is 6.95. The van der Waals surface area contributed by atoms with E-state index in [1.807, 2.05) is 0 Å². The summed E-state index contributed by atoms with van der Waals surface area (Å²) < 4.78 is 0. The maximum atomic E-state index is 3.72. The van der Waals surface area contributed by atoms with Crippen LogP contribution in [0, 0.1) is 0 Å². The van der Waals surface area contributed by atoms with Crippen LogP contribution in [0.4, 0.5) is 0 Å². The molecule has 0 spiro atoms. The number of hydrogen-bond acceptors (Lipinski definition) is 1. The van der Waals surface area contributed by atoms with Gasteiger partial charge in [-0.25, -0.2) is 0 Å². The van der Waals surface area contributed by atoms with E-state index in [0.717, 1.165) is 6.54 Å². The Hall–Kier alpha value is -0.820. The van der Waals surface area contributed by atoms with E-state index in [0.29, 0.717) is 5.92 Å². The van der Waals surface area contributed by atoms with Gasteiger partial charge in [-0.2, -0.15) is 0 Å². The van der Waals surface area contributed by atoms with Crippen LogP contribution in [0.15, 0.2) is 24.3 Å². The molecule has 1 aliphatic carbocycles. The van der Waals surface area contributed by atoms with Crippen molar-refractivity contribution >= 4 is 0 Å². The molecule has 1 heteroatoms. The van der Waals surface area contributed by atoms with Crippen LogP contribution >= 0.6 is 0 Å². The molecule has 94 valence electrons. The van der Waals surface area contributed by atoms with Crippen LogP contribution in [-0.2, 0) is 6.42 Å². The molecule has 2 rings (SSSR count). The van der Waals surface area contributed by atoms with Crippen LogP contribution < -0.4 is 5.32 Å². The lowest BCUT2D eigenvalue weighted by molar-refractivity contribution is 0.353. The molecule has 1 N–H and O–H groups in total. The van der Waals surface area contributed by atoms with Gasteiger partial charge in [0.15, 0.2) is 0 Å². The van der Waals surface area contributed by atoms with Crippen molar-refractivity contribution in [2.24, 2.45) is 0 Å². The Morgan fingerprint density at radius 2 is 2.06 bits per heavy atom. The van der Waals surface area contributed by atoms with Crippen LogP contribution in [0.2, 0.25) is 0 Å². The number of aryl methyl sites for hydroxylation is 1. The van der Waals surface area contributed by atoms with Crippen molar-refractivity contribution < 1.29 is 0 Å². The lowest BCUT2D eigenvalue weighted by Gasteiger charge is -2.31. The van der Waals surface area contributed by atoms with Gasteiger partial charge < -0.3 is 5.32 Å². The van der Waals surface area contributed by atoms with Crippen molar-refractivity contribution in [3.8, 4) is 0 Å². The SMILES string of the molecule is CCC(C)(C)NCC1CCCc2ccccc21. The minimum absolute atomic E-state index is 0.270. The molecular weight excluding hydrogens is 206 g/mol. The minimum atomic E-state index is 0.270. The van der Waals surface area contributed by atoms with Crippen molar-refractivity contribution in [2.75, 3.05) is 6.54 Å². The van der Waals surface area contributed by atoms with E-state index in [4.69, 9.17) is 0 Å². The topological polar surface area (TPSA) is 12.0 Å². The van der Waals surface area contributed by atoms with Gasteiger partial charge in [0.05, 0.1) is 0 Å². The summed E-state index contributed by atoms with van der Waals surface area (Å²) in [5.41, 5.74) is 3.42. The van der Waals surface area contributed by atoms with E-state index in [1.54, 1.807) is 11.1 Å². The molecule has 0 radical (unpaired) electrons. The summed E-state index contributed by atoms with van der Waals surface area (Å²) in [6.45, 7) is 7.96. The average Bonchev–Trinajstić information content (AvgIpc) is 2.36. The predicted octanol–water partition coefficient (Wildman–Crippen LogP) is 3.88. The zero-order valence-electron chi connectivity index (χ0n) is 11.4. The highest BCUT2D eigenvalue weighted by molar-refractivity contribution is 5.32. The van der Waals surface area contributed by atoms with Crippen LogP contribution in [0.25, 0.3) is 0 Å². The third-order valence-electron chi connectivity index (χ3n) is 4.20. The van der Waals surface area contributed by atoms with Gasteiger partial charge in [-0.15, -0.1) is 0 Å². The highest BCUT2D eigenvalue weighted by Crippen LogP contribution is 2.31. The molecule has 0 fully saturated rings. The zero-order valence-corrected chi connectivity index (χ0v) is 11.4. The fourth-order valence-corrected chi connectivity index (χ4v) is 2.59. The van der Waals surface area contributed by atoms with E-state index in [1.165, 1.54) is 25.7 Å². The summed E-state index contributed by atoms with van der Waals surface area (Å²) in [6, 6.07) is 8.97. The van der Waals surface area contributed by atoms with E-state index < -0.39 is 0 Å². The first kappa shape index (κ1) is 12.6. The Morgan fingerprint density at radius 1 is 1.29 bits per heavy atom. The molecule has 0 heterocycles. The van der Waals surface area contributed by atoms with Gasteiger partial charge in [0.1, 0.15) is 0 Å². The van der Waals surface area contributed by atoms with Crippen molar-refractivity contribution in [1.29, 1.82) is 0 Å². The largest absolute Gasteiger partial charge is 0.311 e. The lowest BCUT2D eigenvalue weighted by Crippen LogP contribution is -2.41. The summed E-state index contributed by atoms with van der Waals surface area (Å²) in [7, 11) is 0. The van der Waals surface area contributed by atoms with Gasteiger partial charge in [0.2, 0.25) is 0 Å². The van der Waals surface area contributed by atoms with Crippen molar-refractivity contribution in [2.45, 2.75) is 57.9 Å². The van der Waals surface area contributed by atoms with E-state index in [9.17, 15) is 0 Å². The van der Waals surface area contributed by atoms with Crippen molar-refractivity contribution in [1.82, 2.24) is 5.32 Å². The Labute approximate surface area is 106 Å². The van der Waals surface area contributed by atoms with E-state index in [-0.39, 0.29) is 5.54 Å². The Kier molecular flexibility index (Phi) is 3.88. The Balaban J connectivity index is 2.04. The van der Waals surface area contributed by atoms with E-state index in [2.05, 4.69) is 50.4 Å². The summed E-state index contributed by atoms with van der Waals surface area (Å²) >= 11 is 0. The third kappa shape index (κ3) is 3.10. The number of benzene rings is 1. The normalized spacial score (nSPS) is 20.1. The fourth-order valence-electron chi connectivity index (χ4n) is 2.59. The molecule has 0 saturated heterocycles. The maximum absolute atomic E-state index is 3.72. The number of nitrogens with one attached hydrogen (secondary N) is 1. The summed E-state index contributed by atoms with van der Waals surface area (Å²) in [4.78, 5) is 0. The smallest absolute Gasteiger partial charge is 0.0122 e. The Bertz CT molecular complexity index is 368. The molecule has 1 atom stereocenters. The molecule has 1 aromatic rings. The Morgan fingerprint density at radius 3 is 2.82 bits per heavy atom. The molecule has 1 aliphatic rings. The second-order valence-corrected chi connectivity index (χ2v) is 5.91. The van der Waals surface area contributed by atoms with Crippen molar-refractivity contribution in [3.63, 3.8) is 0 Å². The molecule has 1 nitrogen and oxygen atoms in total. The molecule has 0 bridgehead atoms. The average molecular weight is 231 g/mol. The van der Waals surface area contributed by atoms with Gasteiger partial charge in [-0.1, -0.05) is 31.2 Å². The molecule has 0 aliphatic heterocycles. The van der Waals surface area contributed by atoms with Gasteiger partial charge in [-0.3, -0.25) is 0 Å². The lowest BCUT2D eigenvalue weighted by atomic mass is 9.82. The summed E-state index contributed by atoms with van der Waals surface area (Å²) in [5.74, 6) is 0.714. The standard InChI is InChI=1S/C16H25N/c1-4-16(2,3)17-12-14-10-7-9-13-8-5-6-11-15(13)14/h5-6,8,11,14,17H,4,7,9-10,12H2,1-3H3. The predicted molar refractivity (Wildman–Crippen MR) is 74.5 cm³/mol. The molecule has 1 aromatic carbocycles. The van der Waals surface area contributed by atoms with Crippen LogP contribution in [-0.4, -0.2) is 12.1 Å². The van der Waals surface area contributed by atoms with E-state index >= 15 is 0 Å². The van der Waals surface area contributed by atoms with Gasteiger partial charge in [0.25, 0.3) is 0 Å². The minimum Gasteiger partial charge on any atom is -0.311 e. The molecule has 0 aromatic heterocycles. The first-order valence-electron chi connectivity index (χ1n) is 6.95. The molecule has 0 saturated carbocycles. The highest BCUT2D eigenvalue weighted by atomic mass is 15.0. The highest BCUT2D eigenvalue weighted by Gasteiger charge is 2.22. The molecular formula is C16H25N. The van der Waals surface area contributed by atoms with Crippen LogP contribution in [0.3, 0.4) is 0 Å². The maximum Gasteiger partial charge on any atom is 0.0122 e. The van der Waals surface area contributed by atoms with Gasteiger partial charge >= 0.3 is 0 Å². The van der Waals surface area contributed by atoms with Crippen molar-refractivity contribution in [3.05, 3.63) is 35.4 Å². The van der Waals surface area contributed by atoms with Crippen LogP contribution in [0.5, 0.6) is 0 Å². The van der Waals surface area contributed by atoms with Gasteiger partial charge in [-0.05, 0) is 56.6 Å². The first-order chi connectivity index (χ1) is 8.12. The molecule has 0 amide bonds. The second kappa shape index (κ2) is 5.22. The monoisotopic (exact) mass is 231 g/mol. The van der Waals surface area contributed by atoms with Crippen LogP contribution in [0.1, 0.15) is 57.1 Å². The summed E-state index contributed by atoms with van der Waals surface area (Å²) in [6.07, 6.45) is 5.13. The summed E-state index contributed by atoms with van der Waals surface area (Å²) in [5, 5.41) is 3.72. The molecule has 1 unspecified atom stereocenters. The van der Waals surface area contributed by atoms with Gasteiger partial charge in [0, 0.05) is 12.1 Å². The number of fused-ring (bicyclic) bond motifs is 1. The zero-order chi connectivity index (χ0) is 12.3. The third-order valence-corrected chi connectivity index (χ3v) is 4.20. The fraction of sp³-hybridized carbons (Fsp3) is 0.625. The number of hydrogen-bond donors (Lipinski definition) is 1.